The summed E-state index contributed by atoms with van der Waals surface area (Å²) in [5, 5.41) is 22.7. The molecule has 0 radical (unpaired) electrons. The smallest absolute Gasteiger partial charge is 0.352 e. The van der Waals surface area contributed by atoms with Crippen molar-refractivity contribution in [2.24, 2.45) is 0 Å². The Morgan fingerprint density at radius 3 is 1.72 bits per heavy atom. The van der Waals surface area contributed by atoms with E-state index in [2.05, 4.69) is 52.5 Å². The molecule has 6 rings (SSSR count). The van der Waals surface area contributed by atoms with Gasteiger partial charge >= 0.3 is 11.4 Å². The Labute approximate surface area is 298 Å². The predicted molar refractivity (Wildman–Crippen MR) is 181 cm³/mol. The summed E-state index contributed by atoms with van der Waals surface area (Å²) in [6.45, 7) is -0.415. The first-order valence-corrected chi connectivity index (χ1v) is 16.5. The number of hydrogen-bond donors (Lipinski definition) is 4. The number of aromatic nitrogens is 4. The highest BCUT2D eigenvalue weighted by Crippen LogP contribution is 2.27. The number of nitrogens with one attached hydrogen (secondary N) is 2. The molecular weight excluding hydrogens is 794 g/mol. The number of amides is 2. The third-order valence-electron chi connectivity index (χ3n) is 7.35. The highest BCUT2D eigenvalue weighted by atomic mass is 79.9. The number of aliphatic hydroxyl groups excluding tert-OH is 2. The molecule has 0 saturated carbocycles. The van der Waals surface area contributed by atoms with Gasteiger partial charge in [0.05, 0.1) is 31.7 Å². The summed E-state index contributed by atoms with van der Waals surface area (Å²) in [5.74, 6) is -3.79. The number of hydrogen-bond acceptors (Lipinski definition) is 10. The predicted octanol–water partition coefficient (Wildman–Crippen LogP) is 3.91. The number of ether oxygens (including phenoxy) is 2. The summed E-state index contributed by atoms with van der Waals surface area (Å²) < 4.78 is 42.8. The molecule has 4 aromatic rings. The molecule has 14 nitrogen and oxygen atoms in total. The number of aliphatic hydroxyl groups is 2. The van der Waals surface area contributed by atoms with E-state index in [1.165, 1.54) is 6.08 Å². The van der Waals surface area contributed by atoms with Gasteiger partial charge in [-0.25, -0.2) is 18.4 Å². The van der Waals surface area contributed by atoms with E-state index in [4.69, 9.17) is 19.7 Å². The summed E-state index contributed by atoms with van der Waals surface area (Å²) in [4.78, 5) is 55.6. The van der Waals surface area contributed by atoms with Gasteiger partial charge in [-0.15, -0.1) is 0 Å². The zero-order valence-electron chi connectivity index (χ0n) is 25.7. The van der Waals surface area contributed by atoms with Crippen molar-refractivity contribution in [3.05, 3.63) is 126 Å². The van der Waals surface area contributed by atoms with E-state index in [0.29, 0.717) is 24.0 Å². The first-order valence-electron chi connectivity index (χ1n) is 14.9. The Kier molecular flexibility index (Phi) is 12.1. The molecule has 0 aliphatic carbocycles. The van der Waals surface area contributed by atoms with Gasteiger partial charge in [-0.3, -0.25) is 18.7 Å². The number of carbonyl (C=O) groups excluding carboxylic acids is 2. The zero-order chi connectivity index (χ0) is 35.9. The molecule has 2 aliphatic heterocycles. The van der Waals surface area contributed by atoms with Crippen molar-refractivity contribution in [1.29, 1.82) is 0 Å². The molecule has 4 atom stereocenters. The Balaban J connectivity index is 0.000000194. The fraction of sp³-hybridized carbons (Fsp3) is 0.250. The minimum atomic E-state index is -0.880. The van der Waals surface area contributed by atoms with Crippen molar-refractivity contribution in [2.45, 2.75) is 37.5 Å². The molecule has 18 heteroatoms. The SMILES string of the molecule is O=C(Nc1nc(=O)n([C@H]2C=C[C@@H](CO)O2)cc1F)c1ccc(Br)cc1.O=C(Nc1nc(=O)n([C@H]2CC[C@@H](CO)O2)cc1F)c1ccc(Br)cc1. The van der Waals surface area contributed by atoms with Crippen LogP contribution in [0.5, 0.6) is 0 Å². The third kappa shape index (κ3) is 9.01. The van der Waals surface area contributed by atoms with Gasteiger partial charge in [-0.2, -0.15) is 9.97 Å². The van der Waals surface area contributed by atoms with E-state index in [-0.39, 0.29) is 19.3 Å². The first-order chi connectivity index (χ1) is 23.9. The van der Waals surface area contributed by atoms with E-state index < -0.39 is 65.0 Å². The molecular formula is C32H28Br2F2N6O8. The van der Waals surface area contributed by atoms with Crippen LogP contribution in [0, 0.1) is 11.6 Å². The van der Waals surface area contributed by atoms with Gasteiger partial charge in [-0.05, 0) is 67.4 Å². The number of benzene rings is 2. The Morgan fingerprint density at radius 1 is 0.760 bits per heavy atom. The second-order valence-electron chi connectivity index (χ2n) is 10.8. The zero-order valence-corrected chi connectivity index (χ0v) is 28.9. The van der Waals surface area contributed by atoms with Crippen molar-refractivity contribution in [3.63, 3.8) is 0 Å². The van der Waals surface area contributed by atoms with E-state index in [0.717, 1.165) is 30.5 Å². The van der Waals surface area contributed by atoms with Crippen molar-refractivity contribution in [2.75, 3.05) is 23.8 Å². The highest BCUT2D eigenvalue weighted by molar-refractivity contribution is 9.10. The second kappa shape index (κ2) is 16.5. The molecule has 262 valence electrons. The lowest BCUT2D eigenvalue weighted by atomic mass is 10.2. The van der Waals surface area contributed by atoms with E-state index in [9.17, 15) is 28.0 Å². The van der Waals surface area contributed by atoms with Crippen molar-refractivity contribution in [1.82, 2.24) is 19.1 Å². The molecule has 50 heavy (non-hydrogen) atoms. The quantitative estimate of drug-likeness (QED) is 0.190. The lowest BCUT2D eigenvalue weighted by Crippen LogP contribution is -2.30. The lowest BCUT2D eigenvalue weighted by molar-refractivity contribution is -0.0249. The Morgan fingerprint density at radius 2 is 1.26 bits per heavy atom. The maximum atomic E-state index is 14.3. The maximum Gasteiger partial charge on any atom is 0.352 e. The number of carbonyl (C=O) groups is 2. The molecule has 1 saturated heterocycles. The van der Waals surface area contributed by atoms with Crippen LogP contribution in [0.15, 0.2) is 91.6 Å². The summed E-state index contributed by atoms with van der Waals surface area (Å²) in [6, 6.07) is 12.9. The van der Waals surface area contributed by atoms with Crippen LogP contribution in [0.1, 0.15) is 46.0 Å². The van der Waals surface area contributed by atoms with Gasteiger partial charge in [0, 0.05) is 20.1 Å². The van der Waals surface area contributed by atoms with E-state index in [1.54, 1.807) is 54.6 Å². The Bertz CT molecular complexity index is 2010. The second-order valence-corrected chi connectivity index (χ2v) is 12.6. The molecule has 2 aliphatic rings. The molecule has 0 unspecified atom stereocenters. The number of anilines is 2. The van der Waals surface area contributed by atoms with Gasteiger partial charge in [0.25, 0.3) is 11.8 Å². The average molecular weight is 822 g/mol. The molecule has 4 heterocycles. The fourth-order valence-electron chi connectivity index (χ4n) is 4.79. The monoisotopic (exact) mass is 820 g/mol. The normalized spacial score (nSPS) is 19.5. The van der Waals surface area contributed by atoms with Crippen LogP contribution in [0.2, 0.25) is 0 Å². The topological polar surface area (TPSA) is 187 Å². The average Bonchev–Trinajstić information content (AvgIpc) is 3.79. The van der Waals surface area contributed by atoms with Crippen LogP contribution in [-0.2, 0) is 9.47 Å². The molecule has 2 aromatic carbocycles. The fourth-order valence-corrected chi connectivity index (χ4v) is 5.32. The lowest BCUT2D eigenvalue weighted by Gasteiger charge is -2.15. The molecule has 4 N–H and O–H groups in total. The third-order valence-corrected chi connectivity index (χ3v) is 8.41. The number of halogens is 4. The van der Waals surface area contributed by atoms with Crippen molar-refractivity contribution in [3.8, 4) is 0 Å². The summed E-state index contributed by atoms with van der Waals surface area (Å²) in [6.07, 6.45) is 3.51. The molecule has 0 spiro atoms. The molecule has 0 bridgehead atoms. The van der Waals surface area contributed by atoms with Gasteiger partial charge in [0.1, 0.15) is 12.3 Å². The van der Waals surface area contributed by atoms with Gasteiger partial charge < -0.3 is 30.3 Å². The highest BCUT2D eigenvalue weighted by Gasteiger charge is 2.28. The van der Waals surface area contributed by atoms with Gasteiger partial charge in [0.15, 0.2) is 29.5 Å². The molecule has 1 fully saturated rings. The summed E-state index contributed by atoms with van der Waals surface area (Å²) >= 11 is 6.51. The largest absolute Gasteiger partial charge is 0.394 e. The minimum absolute atomic E-state index is 0.164. The maximum absolute atomic E-state index is 14.3. The van der Waals surface area contributed by atoms with Crippen LogP contribution >= 0.6 is 31.9 Å². The minimum Gasteiger partial charge on any atom is -0.394 e. The van der Waals surface area contributed by atoms with Crippen LogP contribution in [0.3, 0.4) is 0 Å². The van der Waals surface area contributed by atoms with Crippen LogP contribution in [-0.4, -0.2) is 66.6 Å². The molecule has 2 amide bonds. The van der Waals surface area contributed by atoms with Crippen LogP contribution < -0.4 is 22.0 Å². The van der Waals surface area contributed by atoms with Gasteiger partial charge in [-0.1, -0.05) is 37.9 Å². The summed E-state index contributed by atoms with van der Waals surface area (Å²) in [7, 11) is 0. The Hall–Kier alpha value is -4.46. The summed E-state index contributed by atoms with van der Waals surface area (Å²) in [5.41, 5.74) is -0.934. The van der Waals surface area contributed by atoms with E-state index >= 15 is 0 Å². The van der Waals surface area contributed by atoms with Crippen LogP contribution in [0.25, 0.3) is 0 Å². The standard InChI is InChI=1S/C16H15BrFN3O4.C16H13BrFN3O4/c2*17-10-3-1-9(2-4-10)15(23)19-14-12(18)7-21(16(24)20-14)13-6-5-11(8-22)25-13/h1-4,7,11,13,22H,5-6,8H2,(H,19,20,23,24);1-7,11,13,22H,8H2,(H,19,20,23,24)/t2*11-,13+/m00/s1. The number of nitrogens with zero attached hydrogens (tertiary/aromatic N) is 4. The van der Waals surface area contributed by atoms with Gasteiger partial charge in [0.2, 0.25) is 0 Å². The first kappa shape index (κ1) is 36.8. The van der Waals surface area contributed by atoms with E-state index in [1.807, 2.05) is 0 Å². The number of rotatable bonds is 8. The molecule has 2 aromatic heterocycles. The van der Waals surface area contributed by atoms with Crippen LogP contribution in [0.4, 0.5) is 20.4 Å². The van der Waals surface area contributed by atoms with Crippen molar-refractivity contribution < 1.29 is 38.1 Å². The van der Waals surface area contributed by atoms with Crippen molar-refractivity contribution >= 4 is 55.3 Å².